The van der Waals surface area contributed by atoms with Gasteiger partial charge in [-0.15, -0.1) is 11.8 Å². The first-order valence-electron chi connectivity index (χ1n) is 10.1. The van der Waals surface area contributed by atoms with Gasteiger partial charge in [-0.2, -0.15) is 0 Å². The number of hydrogen-bond acceptors (Lipinski definition) is 1. The summed E-state index contributed by atoms with van der Waals surface area (Å²) in [4.78, 5) is 0. The number of allylic oxidation sites excluding steroid dienone is 3. The van der Waals surface area contributed by atoms with Gasteiger partial charge in [0, 0.05) is 16.4 Å². The quantitative estimate of drug-likeness (QED) is 0.417. The molecule has 0 radical (unpaired) electrons. The van der Waals surface area contributed by atoms with Crippen LogP contribution in [-0.2, 0) is 0 Å². The van der Waals surface area contributed by atoms with Crippen LogP contribution in [0.2, 0.25) is 0 Å². The molecule has 6 rings (SSSR count). The first-order valence-corrected chi connectivity index (χ1v) is 11.0. The Morgan fingerprint density at radius 2 is 1.37 bits per heavy atom. The number of rotatable bonds is 3. The molecule has 3 aromatic carbocycles. The van der Waals surface area contributed by atoms with E-state index in [1.54, 1.807) is 0 Å². The zero-order valence-corrected chi connectivity index (χ0v) is 16.9. The van der Waals surface area contributed by atoms with Gasteiger partial charge in [-0.3, -0.25) is 0 Å². The number of halogens is 2. The monoisotopic (exact) mass is 412 g/mol. The number of fused-ring (bicyclic) bond motifs is 2. The molecule has 0 spiro atoms. The first-order chi connectivity index (χ1) is 14.7. The number of thioether (sulfide) groups is 1. The molecule has 3 heteroatoms. The van der Waals surface area contributed by atoms with E-state index >= 15 is 0 Å². The van der Waals surface area contributed by atoms with Crippen molar-refractivity contribution in [1.29, 1.82) is 0 Å². The van der Waals surface area contributed by atoms with Gasteiger partial charge >= 0.3 is 0 Å². The summed E-state index contributed by atoms with van der Waals surface area (Å²) >= 11 is 1.97. The van der Waals surface area contributed by atoms with Crippen molar-refractivity contribution >= 4 is 22.9 Å². The van der Waals surface area contributed by atoms with Crippen LogP contribution in [0.4, 0.5) is 8.78 Å². The summed E-state index contributed by atoms with van der Waals surface area (Å²) in [6.07, 6.45) is 6.93. The molecule has 1 fully saturated rings. The van der Waals surface area contributed by atoms with E-state index < -0.39 is 0 Å². The lowest BCUT2D eigenvalue weighted by Gasteiger charge is -2.21. The molecule has 30 heavy (non-hydrogen) atoms. The summed E-state index contributed by atoms with van der Waals surface area (Å²) in [5, 5.41) is 1.17. The van der Waals surface area contributed by atoms with Crippen molar-refractivity contribution in [2.75, 3.05) is 0 Å². The summed E-state index contributed by atoms with van der Waals surface area (Å²) in [6, 6.07) is 21.9. The van der Waals surface area contributed by atoms with Crippen LogP contribution >= 0.6 is 11.8 Å². The van der Waals surface area contributed by atoms with Crippen LogP contribution in [0, 0.1) is 11.6 Å². The van der Waals surface area contributed by atoms with Gasteiger partial charge in [-0.1, -0.05) is 66.8 Å². The first kappa shape index (κ1) is 17.9. The predicted molar refractivity (Wildman–Crippen MR) is 120 cm³/mol. The second-order valence-corrected chi connectivity index (χ2v) is 9.27. The van der Waals surface area contributed by atoms with Crippen molar-refractivity contribution in [3.05, 3.63) is 130 Å². The highest BCUT2D eigenvalue weighted by molar-refractivity contribution is 8.08. The minimum absolute atomic E-state index is 0.0742. The van der Waals surface area contributed by atoms with E-state index in [-0.39, 0.29) is 17.6 Å². The normalized spacial score (nSPS) is 23.8. The Bertz CT molecular complexity index is 1230. The molecule has 0 aromatic heterocycles. The number of benzene rings is 3. The Labute approximate surface area is 178 Å². The predicted octanol–water partition coefficient (Wildman–Crippen LogP) is 7.00. The Hall–Kier alpha value is -2.91. The van der Waals surface area contributed by atoms with Gasteiger partial charge in [0.2, 0.25) is 0 Å². The van der Waals surface area contributed by atoms with E-state index in [0.29, 0.717) is 10.5 Å². The lowest BCUT2D eigenvalue weighted by Crippen LogP contribution is -2.06. The highest BCUT2D eigenvalue weighted by Crippen LogP contribution is 2.55. The average Bonchev–Trinajstić information content (AvgIpc) is 3.47. The summed E-state index contributed by atoms with van der Waals surface area (Å²) in [5.41, 5.74) is 7.92. The molecule has 0 N–H and O–H groups in total. The lowest BCUT2D eigenvalue weighted by atomic mass is 9.82. The zero-order chi connectivity index (χ0) is 20.2. The van der Waals surface area contributed by atoms with Gasteiger partial charge in [0.25, 0.3) is 0 Å². The fraction of sp³-hybridized carbons (Fsp3) is 0.111. The summed E-state index contributed by atoms with van der Waals surface area (Å²) in [5.74, 6) is -0.422. The molecule has 2 aliphatic carbocycles. The van der Waals surface area contributed by atoms with Crippen molar-refractivity contribution in [3.63, 3.8) is 0 Å². The van der Waals surface area contributed by atoms with Crippen LogP contribution in [0.25, 0.3) is 11.1 Å². The van der Waals surface area contributed by atoms with Gasteiger partial charge in [-0.05, 0) is 63.2 Å². The standard InChI is InChI=1S/C27H18F2S/c28-19-10-5-16(6-11-19)25-21-3-1-2-4-22(21)26(18-9-14-23-24(15-18)30-23)27(25)17-7-12-20(29)13-8-17/h1-15,23-24,26H. The molecule has 1 aliphatic heterocycles. The molecule has 3 unspecified atom stereocenters. The Morgan fingerprint density at radius 1 is 0.700 bits per heavy atom. The molecule has 3 aliphatic rings. The molecule has 0 amide bonds. The summed E-state index contributed by atoms with van der Waals surface area (Å²) in [6.45, 7) is 0. The molecule has 0 nitrogen and oxygen atoms in total. The van der Waals surface area contributed by atoms with E-state index in [2.05, 4.69) is 36.4 Å². The number of hydrogen-bond donors (Lipinski definition) is 0. The second-order valence-electron chi connectivity index (χ2n) is 7.91. The van der Waals surface area contributed by atoms with Crippen LogP contribution in [0.1, 0.15) is 28.2 Å². The van der Waals surface area contributed by atoms with Crippen LogP contribution in [0.15, 0.2) is 96.6 Å². The highest BCUT2D eigenvalue weighted by atomic mass is 32.2. The van der Waals surface area contributed by atoms with E-state index in [1.807, 2.05) is 42.1 Å². The third-order valence-corrected chi connectivity index (χ3v) is 7.31. The van der Waals surface area contributed by atoms with Crippen LogP contribution in [-0.4, -0.2) is 10.5 Å². The van der Waals surface area contributed by atoms with E-state index in [1.165, 1.54) is 35.4 Å². The maximum absolute atomic E-state index is 13.7. The van der Waals surface area contributed by atoms with Crippen molar-refractivity contribution in [2.45, 2.75) is 16.4 Å². The topological polar surface area (TPSA) is 0 Å². The Kier molecular flexibility index (Phi) is 4.07. The fourth-order valence-electron chi connectivity index (χ4n) is 4.70. The van der Waals surface area contributed by atoms with Gasteiger partial charge in [0.1, 0.15) is 11.6 Å². The third-order valence-electron chi connectivity index (χ3n) is 6.12. The largest absolute Gasteiger partial charge is 0.207 e. The van der Waals surface area contributed by atoms with Crippen molar-refractivity contribution in [1.82, 2.24) is 0 Å². The van der Waals surface area contributed by atoms with Crippen molar-refractivity contribution < 1.29 is 8.78 Å². The minimum atomic E-state index is -0.250. The van der Waals surface area contributed by atoms with Crippen molar-refractivity contribution in [3.8, 4) is 0 Å². The van der Waals surface area contributed by atoms with Gasteiger partial charge in [-0.25, -0.2) is 8.78 Å². The summed E-state index contributed by atoms with van der Waals surface area (Å²) < 4.78 is 27.4. The van der Waals surface area contributed by atoms with E-state index in [4.69, 9.17) is 0 Å². The molecule has 1 saturated heterocycles. The van der Waals surface area contributed by atoms with E-state index in [9.17, 15) is 8.78 Å². The molecule has 0 bridgehead atoms. The van der Waals surface area contributed by atoms with Crippen LogP contribution in [0.3, 0.4) is 0 Å². The highest BCUT2D eigenvalue weighted by Gasteiger charge is 2.40. The van der Waals surface area contributed by atoms with Crippen LogP contribution < -0.4 is 0 Å². The maximum atomic E-state index is 13.7. The van der Waals surface area contributed by atoms with Gasteiger partial charge in [0.15, 0.2) is 0 Å². The second kappa shape index (κ2) is 6.82. The minimum Gasteiger partial charge on any atom is -0.207 e. The molecule has 0 saturated carbocycles. The summed E-state index contributed by atoms with van der Waals surface area (Å²) in [7, 11) is 0. The van der Waals surface area contributed by atoms with Gasteiger partial charge < -0.3 is 0 Å². The lowest BCUT2D eigenvalue weighted by molar-refractivity contribution is 0.627. The molecule has 1 heterocycles. The Balaban J connectivity index is 1.63. The fourth-order valence-corrected chi connectivity index (χ4v) is 5.55. The third kappa shape index (κ3) is 2.88. The van der Waals surface area contributed by atoms with Gasteiger partial charge in [0.05, 0.1) is 0 Å². The molecular weight excluding hydrogens is 394 g/mol. The molecule has 3 aromatic rings. The van der Waals surface area contributed by atoms with Crippen LogP contribution in [0.5, 0.6) is 0 Å². The van der Waals surface area contributed by atoms with Crippen molar-refractivity contribution in [2.24, 2.45) is 0 Å². The zero-order valence-electron chi connectivity index (χ0n) is 16.1. The molecule has 146 valence electrons. The smallest absolute Gasteiger partial charge is 0.123 e. The molecular formula is C27H18F2S. The maximum Gasteiger partial charge on any atom is 0.123 e. The molecule has 3 atom stereocenters. The SMILES string of the molecule is Fc1ccc(C2=C(c3ccc(F)cc3)C(C3=CC4SC4C=C3)c3ccccc32)cc1. The Morgan fingerprint density at radius 3 is 2.07 bits per heavy atom. The van der Waals surface area contributed by atoms with E-state index in [0.717, 1.165) is 27.8 Å². The average molecular weight is 413 g/mol.